The van der Waals surface area contributed by atoms with Crippen LogP contribution in [0, 0.1) is 0 Å². The van der Waals surface area contributed by atoms with Crippen LogP contribution in [0.5, 0.6) is 5.75 Å². The predicted octanol–water partition coefficient (Wildman–Crippen LogP) is 2.49. The third-order valence-electron chi connectivity index (χ3n) is 3.83. The van der Waals surface area contributed by atoms with Gasteiger partial charge < -0.3 is 9.47 Å². The van der Waals surface area contributed by atoms with Crippen LogP contribution < -0.4 is 4.74 Å². The van der Waals surface area contributed by atoms with E-state index >= 15 is 0 Å². The smallest absolute Gasteiger partial charge is 0.338 e. The largest absolute Gasteiger partial charge is 0.497 e. The zero-order valence-electron chi connectivity index (χ0n) is 13.8. The van der Waals surface area contributed by atoms with E-state index in [1.807, 2.05) is 30.3 Å². The van der Waals surface area contributed by atoms with Gasteiger partial charge in [-0.2, -0.15) is 5.10 Å². The molecule has 0 aromatic heterocycles. The van der Waals surface area contributed by atoms with Gasteiger partial charge in [-0.25, -0.2) is 9.80 Å². The summed E-state index contributed by atoms with van der Waals surface area (Å²) in [5, 5.41) is 5.67. The molecule has 6 heteroatoms. The van der Waals surface area contributed by atoms with E-state index in [0.717, 1.165) is 11.3 Å². The van der Waals surface area contributed by atoms with Gasteiger partial charge in [-0.3, -0.25) is 4.79 Å². The minimum absolute atomic E-state index is 0.335. The van der Waals surface area contributed by atoms with Crippen LogP contribution >= 0.6 is 0 Å². The molecule has 0 N–H and O–H groups in total. The molecule has 0 aliphatic carbocycles. The third kappa shape index (κ3) is 4.03. The van der Waals surface area contributed by atoms with Gasteiger partial charge in [0.25, 0.3) is 5.91 Å². The van der Waals surface area contributed by atoms with E-state index in [9.17, 15) is 9.59 Å². The van der Waals surface area contributed by atoms with Crippen molar-refractivity contribution in [3.63, 3.8) is 0 Å². The number of ether oxygens (including phenoxy) is 2. The van der Waals surface area contributed by atoms with E-state index in [1.165, 1.54) is 12.1 Å². The molecule has 25 heavy (non-hydrogen) atoms. The summed E-state index contributed by atoms with van der Waals surface area (Å²) in [5.41, 5.74) is 2.18. The Kier molecular flexibility index (Phi) is 5.09. The van der Waals surface area contributed by atoms with Crippen molar-refractivity contribution in [2.75, 3.05) is 20.3 Å². The summed E-state index contributed by atoms with van der Waals surface area (Å²) in [7, 11) is 1.52. The lowest BCUT2D eigenvalue weighted by atomic mass is 10.1. The van der Waals surface area contributed by atoms with Gasteiger partial charge in [0.1, 0.15) is 5.75 Å². The van der Waals surface area contributed by atoms with Crippen LogP contribution in [0.15, 0.2) is 59.7 Å². The molecule has 0 saturated heterocycles. The number of methoxy groups -OCH3 is 1. The van der Waals surface area contributed by atoms with Crippen LogP contribution in [0.4, 0.5) is 0 Å². The first-order chi connectivity index (χ1) is 12.2. The summed E-state index contributed by atoms with van der Waals surface area (Å²) in [6, 6.07) is 16.3. The van der Waals surface area contributed by atoms with Crippen LogP contribution in [0.3, 0.4) is 0 Å². The van der Waals surface area contributed by atoms with E-state index in [2.05, 4.69) is 5.10 Å². The summed E-state index contributed by atoms with van der Waals surface area (Å²) in [6.45, 7) is 0.140. The maximum Gasteiger partial charge on any atom is 0.338 e. The summed E-state index contributed by atoms with van der Waals surface area (Å²) >= 11 is 0. The molecule has 1 aliphatic heterocycles. The first kappa shape index (κ1) is 16.7. The Labute approximate surface area is 145 Å². The normalized spacial score (nSPS) is 13.3. The molecule has 3 rings (SSSR count). The monoisotopic (exact) mass is 338 g/mol. The molecule has 2 aromatic rings. The minimum Gasteiger partial charge on any atom is -0.497 e. The van der Waals surface area contributed by atoms with E-state index in [0.29, 0.717) is 24.3 Å². The molecule has 1 heterocycles. The van der Waals surface area contributed by atoms with Gasteiger partial charge in [0.15, 0.2) is 6.61 Å². The lowest BCUT2D eigenvalue weighted by molar-refractivity contribution is -0.134. The molecule has 0 saturated carbocycles. The Morgan fingerprint density at radius 2 is 1.92 bits per heavy atom. The first-order valence-electron chi connectivity index (χ1n) is 7.92. The molecule has 1 aliphatic rings. The molecule has 1 amide bonds. The van der Waals surface area contributed by atoms with Gasteiger partial charge in [-0.15, -0.1) is 0 Å². The average Bonchev–Trinajstić information content (AvgIpc) is 3.17. The van der Waals surface area contributed by atoms with Gasteiger partial charge in [-0.05, 0) is 23.8 Å². The number of hydrogen-bond acceptors (Lipinski definition) is 5. The highest BCUT2D eigenvalue weighted by molar-refractivity contribution is 6.02. The fourth-order valence-electron chi connectivity index (χ4n) is 2.51. The molecule has 0 bridgehead atoms. The van der Waals surface area contributed by atoms with Crippen LogP contribution in [0.1, 0.15) is 22.3 Å². The summed E-state index contributed by atoms with van der Waals surface area (Å²) in [6.07, 6.45) is 0.680. The zero-order chi connectivity index (χ0) is 17.6. The zero-order valence-corrected chi connectivity index (χ0v) is 13.8. The van der Waals surface area contributed by atoms with Crippen LogP contribution in [0.2, 0.25) is 0 Å². The fraction of sp³-hybridized carbons (Fsp3) is 0.211. The molecule has 0 atom stereocenters. The lowest BCUT2D eigenvalue weighted by Crippen LogP contribution is -2.28. The van der Waals surface area contributed by atoms with Crippen molar-refractivity contribution < 1.29 is 19.1 Å². The Morgan fingerprint density at radius 1 is 1.12 bits per heavy atom. The number of hydrogen-bond donors (Lipinski definition) is 0. The number of rotatable bonds is 5. The van der Waals surface area contributed by atoms with Gasteiger partial charge in [0.2, 0.25) is 0 Å². The van der Waals surface area contributed by atoms with Crippen molar-refractivity contribution in [3.05, 3.63) is 65.7 Å². The van der Waals surface area contributed by atoms with Gasteiger partial charge in [-0.1, -0.05) is 36.4 Å². The van der Waals surface area contributed by atoms with Crippen molar-refractivity contribution in [3.8, 4) is 5.75 Å². The number of nitrogens with zero attached hydrogens (tertiary/aromatic N) is 2. The molecule has 128 valence electrons. The quantitative estimate of drug-likeness (QED) is 0.786. The number of benzene rings is 2. The van der Waals surface area contributed by atoms with Gasteiger partial charge in [0.05, 0.1) is 24.9 Å². The van der Waals surface area contributed by atoms with E-state index in [-0.39, 0.29) is 12.5 Å². The standard InChI is InChI=1S/C19H18N2O4/c1-24-16-9-5-8-15(12-16)19(23)25-13-18(22)21-11-10-17(20-21)14-6-3-2-4-7-14/h2-9,12H,10-11,13H2,1H3. The molecule has 6 nitrogen and oxygen atoms in total. The third-order valence-corrected chi connectivity index (χ3v) is 3.83. The topological polar surface area (TPSA) is 68.2 Å². The summed E-state index contributed by atoms with van der Waals surface area (Å²) in [5.74, 6) is -0.363. The highest BCUT2D eigenvalue weighted by atomic mass is 16.5. The number of amides is 1. The molecule has 2 aromatic carbocycles. The summed E-state index contributed by atoms with van der Waals surface area (Å²) < 4.78 is 10.2. The minimum atomic E-state index is -0.571. The predicted molar refractivity (Wildman–Crippen MR) is 92.6 cm³/mol. The van der Waals surface area contributed by atoms with Crippen molar-refractivity contribution in [1.29, 1.82) is 0 Å². The number of hydrazone groups is 1. The van der Waals surface area contributed by atoms with E-state index in [1.54, 1.807) is 24.3 Å². The average molecular weight is 338 g/mol. The second-order valence-corrected chi connectivity index (χ2v) is 5.49. The highest BCUT2D eigenvalue weighted by Gasteiger charge is 2.22. The SMILES string of the molecule is COc1cccc(C(=O)OCC(=O)N2CCC(c3ccccc3)=N2)c1. The molecular formula is C19H18N2O4. The van der Waals surface area contributed by atoms with Crippen molar-refractivity contribution >= 4 is 17.6 Å². The van der Waals surface area contributed by atoms with Gasteiger partial charge in [0, 0.05) is 6.42 Å². The molecule has 0 radical (unpaired) electrons. The van der Waals surface area contributed by atoms with Crippen LogP contribution in [0.25, 0.3) is 0 Å². The fourth-order valence-corrected chi connectivity index (χ4v) is 2.51. The van der Waals surface area contributed by atoms with E-state index < -0.39 is 5.97 Å². The highest BCUT2D eigenvalue weighted by Crippen LogP contribution is 2.15. The second-order valence-electron chi connectivity index (χ2n) is 5.49. The lowest BCUT2D eigenvalue weighted by Gasteiger charge is -2.11. The Bertz CT molecular complexity index is 802. The maximum absolute atomic E-state index is 12.2. The summed E-state index contributed by atoms with van der Waals surface area (Å²) in [4.78, 5) is 24.2. The Hall–Kier alpha value is -3.15. The number of carbonyl (C=O) groups is 2. The Morgan fingerprint density at radius 3 is 2.68 bits per heavy atom. The number of esters is 1. The molecular weight excluding hydrogens is 320 g/mol. The molecule has 0 unspecified atom stereocenters. The number of carbonyl (C=O) groups excluding carboxylic acids is 2. The van der Waals surface area contributed by atoms with Crippen molar-refractivity contribution in [2.24, 2.45) is 5.10 Å². The molecule has 0 spiro atoms. The second kappa shape index (κ2) is 7.61. The van der Waals surface area contributed by atoms with Crippen molar-refractivity contribution in [2.45, 2.75) is 6.42 Å². The molecule has 0 fully saturated rings. The maximum atomic E-state index is 12.2. The van der Waals surface area contributed by atoms with Crippen molar-refractivity contribution in [1.82, 2.24) is 5.01 Å². The van der Waals surface area contributed by atoms with Crippen LogP contribution in [-0.2, 0) is 9.53 Å². The van der Waals surface area contributed by atoms with Gasteiger partial charge >= 0.3 is 5.97 Å². The Balaban J connectivity index is 1.58. The van der Waals surface area contributed by atoms with E-state index in [4.69, 9.17) is 9.47 Å². The van der Waals surface area contributed by atoms with Crippen LogP contribution in [-0.4, -0.2) is 42.9 Å². The first-order valence-corrected chi connectivity index (χ1v) is 7.92.